The van der Waals surface area contributed by atoms with Gasteiger partial charge in [0.2, 0.25) is 0 Å². The van der Waals surface area contributed by atoms with E-state index in [1.807, 2.05) is 21.0 Å². The normalized spacial score (nSPS) is 10.7. The average molecular weight is 294 g/mol. The van der Waals surface area contributed by atoms with Crippen molar-refractivity contribution >= 4 is 17.3 Å². The zero-order valence-electron chi connectivity index (χ0n) is 13.1. The van der Waals surface area contributed by atoms with E-state index in [-0.39, 0.29) is 5.91 Å². The summed E-state index contributed by atoms with van der Waals surface area (Å²) >= 11 is 0. The summed E-state index contributed by atoms with van der Waals surface area (Å²) in [5, 5.41) is 5.99. The lowest BCUT2D eigenvalue weighted by Crippen LogP contribution is -2.24. The Balaban J connectivity index is 2.49. The molecular weight excluding hydrogens is 268 g/mol. The lowest BCUT2D eigenvalue weighted by Gasteiger charge is -2.13. The molecule has 1 aromatic carbocycles. The molecule has 0 aliphatic carbocycles. The molecule has 1 rings (SSSR count). The maximum atomic E-state index is 12.0. The fraction of sp³-hybridized carbons (Fsp3) is 0.533. The van der Waals surface area contributed by atoms with Gasteiger partial charge in [-0.2, -0.15) is 0 Å². The highest BCUT2D eigenvalue weighted by Gasteiger charge is 2.10. The summed E-state index contributed by atoms with van der Waals surface area (Å²) in [7, 11) is 4.01. The van der Waals surface area contributed by atoms with Crippen molar-refractivity contribution < 1.29 is 9.53 Å². The maximum Gasteiger partial charge on any atom is 0.253 e. The smallest absolute Gasteiger partial charge is 0.253 e. The van der Waals surface area contributed by atoms with Crippen LogP contribution < -0.4 is 16.4 Å². The summed E-state index contributed by atoms with van der Waals surface area (Å²) in [5.74, 6) is -0.103. The van der Waals surface area contributed by atoms with Gasteiger partial charge in [0.15, 0.2) is 0 Å². The molecule has 0 fully saturated rings. The van der Waals surface area contributed by atoms with Crippen molar-refractivity contribution in [2.75, 3.05) is 58.0 Å². The Bertz CT molecular complexity index is 449. The van der Waals surface area contributed by atoms with Crippen molar-refractivity contribution in [3.8, 4) is 0 Å². The summed E-state index contributed by atoms with van der Waals surface area (Å²) in [5.41, 5.74) is 7.73. The third-order valence-corrected chi connectivity index (χ3v) is 2.87. The molecule has 0 aromatic heterocycles. The van der Waals surface area contributed by atoms with Crippen molar-refractivity contribution in [2.24, 2.45) is 0 Å². The van der Waals surface area contributed by atoms with Gasteiger partial charge in [0.1, 0.15) is 0 Å². The highest BCUT2D eigenvalue weighted by atomic mass is 16.5. The highest BCUT2D eigenvalue weighted by molar-refractivity contribution is 6.00. The number of likely N-dealkylation sites (N-methyl/N-ethyl adjacent to an activating group) is 1. The second kappa shape index (κ2) is 9.20. The summed E-state index contributed by atoms with van der Waals surface area (Å²) in [6, 6.07) is 5.23. The second-order valence-corrected chi connectivity index (χ2v) is 5.01. The van der Waals surface area contributed by atoms with Gasteiger partial charge in [0.25, 0.3) is 5.91 Å². The van der Waals surface area contributed by atoms with Crippen molar-refractivity contribution in [1.29, 1.82) is 0 Å². The van der Waals surface area contributed by atoms with Crippen LogP contribution in [0.3, 0.4) is 0 Å². The van der Waals surface area contributed by atoms with Crippen molar-refractivity contribution in [3.63, 3.8) is 0 Å². The minimum Gasteiger partial charge on any atom is -0.399 e. The van der Waals surface area contributed by atoms with E-state index >= 15 is 0 Å². The standard InChI is InChI=1S/C15H26N4O2/c1-4-17-15(20)13-6-5-12(16)11-14(13)18-7-9-21-10-8-19(2)3/h5-6,11,18H,4,7-10,16H2,1-3H3,(H,17,20). The van der Waals surface area contributed by atoms with Gasteiger partial charge in [-0.3, -0.25) is 4.79 Å². The first kappa shape index (κ1) is 17.3. The molecule has 0 heterocycles. The molecule has 0 spiro atoms. The van der Waals surface area contributed by atoms with E-state index in [4.69, 9.17) is 10.5 Å². The average Bonchev–Trinajstić information content (AvgIpc) is 2.42. The zero-order chi connectivity index (χ0) is 15.7. The first-order valence-corrected chi connectivity index (χ1v) is 7.18. The third-order valence-electron chi connectivity index (χ3n) is 2.87. The van der Waals surface area contributed by atoms with Gasteiger partial charge in [0, 0.05) is 31.0 Å². The van der Waals surface area contributed by atoms with Crippen LogP contribution in [-0.4, -0.2) is 57.8 Å². The molecule has 0 saturated heterocycles. The lowest BCUT2D eigenvalue weighted by molar-refractivity contribution is 0.0956. The number of carbonyl (C=O) groups is 1. The number of rotatable bonds is 9. The minimum atomic E-state index is -0.103. The van der Waals surface area contributed by atoms with E-state index < -0.39 is 0 Å². The monoisotopic (exact) mass is 294 g/mol. The molecule has 0 radical (unpaired) electrons. The topological polar surface area (TPSA) is 79.6 Å². The molecule has 0 unspecified atom stereocenters. The molecule has 4 N–H and O–H groups in total. The molecule has 0 bridgehead atoms. The van der Waals surface area contributed by atoms with Crippen molar-refractivity contribution in [3.05, 3.63) is 23.8 Å². The van der Waals surface area contributed by atoms with E-state index in [1.54, 1.807) is 18.2 Å². The Morgan fingerprint density at radius 2 is 2.10 bits per heavy atom. The van der Waals surface area contributed by atoms with Crippen LogP contribution >= 0.6 is 0 Å². The van der Waals surface area contributed by atoms with Crippen LogP contribution in [0.15, 0.2) is 18.2 Å². The van der Waals surface area contributed by atoms with Gasteiger partial charge < -0.3 is 26.0 Å². The number of carbonyl (C=O) groups excluding carboxylic acids is 1. The minimum absolute atomic E-state index is 0.103. The predicted molar refractivity (Wildman–Crippen MR) is 86.7 cm³/mol. The van der Waals surface area contributed by atoms with E-state index in [0.717, 1.165) is 12.2 Å². The Kier molecular flexibility index (Phi) is 7.56. The number of nitrogens with one attached hydrogen (secondary N) is 2. The lowest BCUT2D eigenvalue weighted by atomic mass is 10.1. The molecule has 0 atom stereocenters. The van der Waals surface area contributed by atoms with Crippen LogP contribution in [0.25, 0.3) is 0 Å². The molecule has 0 aliphatic heterocycles. The van der Waals surface area contributed by atoms with E-state index in [1.165, 1.54) is 0 Å². The quantitative estimate of drug-likeness (QED) is 0.468. The molecule has 118 valence electrons. The van der Waals surface area contributed by atoms with Gasteiger partial charge in [-0.05, 0) is 39.2 Å². The van der Waals surface area contributed by atoms with Crippen molar-refractivity contribution in [1.82, 2.24) is 10.2 Å². The molecular formula is C15H26N4O2. The Labute approximate surface area is 126 Å². The van der Waals surface area contributed by atoms with Crippen LogP contribution in [0, 0.1) is 0 Å². The van der Waals surface area contributed by atoms with Crippen LogP contribution in [0.4, 0.5) is 11.4 Å². The maximum absolute atomic E-state index is 12.0. The molecule has 0 aliphatic rings. The molecule has 6 heteroatoms. The van der Waals surface area contributed by atoms with Crippen molar-refractivity contribution in [2.45, 2.75) is 6.92 Å². The number of nitrogen functional groups attached to an aromatic ring is 1. The predicted octanol–water partition coefficient (Wildman–Crippen LogP) is 1.01. The number of nitrogens with two attached hydrogens (primary N) is 1. The van der Waals surface area contributed by atoms with E-state index in [2.05, 4.69) is 15.5 Å². The number of amides is 1. The van der Waals surface area contributed by atoms with Crippen LogP contribution in [0.1, 0.15) is 17.3 Å². The summed E-state index contributed by atoms with van der Waals surface area (Å²) in [6.07, 6.45) is 0. The largest absolute Gasteiger partial charge is 0.399 e. The third kappa shape index (κ3) is 6.46. The number of hydrogen-bond donors (Lipinski definition) is 3. The number of anilines is 2. The van der Waals surface area contributed by atoms with Crippen LogP contribution in [-0.2, 0) is 4.74 Å². The van der Waals surface area contributed by atoms with Gasteiger partial charge in [-0.25, -0.2) is 0 Å². The summed E-state index contributed by atoms with van der Waals surface area (Å²) < 4.78 is 5.51. The van der Waals surface area contributed by atoms with Crippen LogP contribution in [0.5, 0.6) is 0 Å². The van der Waals surface area contributed by atoms with Gasteiger partial charge in [-0.15, -0.1) is 0 Å². The van der Waals surface area contributed by atoms with E-state index in [9.17, 15) is 4.79 Å². The first-order chi connectivity index (χ1) is 10.0. The fourth-order valence-corrected chi connectivity index (χ4v) is 1.77. The first-order valence-electron chi connectivity index (χ1n) is 7.18. The Hall–Kier alpha value is -1.79. The van der Waals surface area contributed by atoms with E-state index in [0.29, 0.717) is 37.6 Å². The van der Waals surface area contributed by atoms with Gasteiger partial charge in [-0.1, -0.05) is 0 Å². The molecule has 1 aromatic rings. The molecule has 1 amide bonds. The highest BCUT2D eigenvalue weighted by Crippen LogP contribution is 2.19. The SMILES string of the molecule is CCNC(=O)c1ccc(N)cc1NCCOCCN(C)C. The Morgan fingerprint density at radius 3 is 2.76 bits per heavy atom. The van der Waals surface area contributed by atoms with Crippen LogP contribution in [0.2, 0.25) is 0 Å². The second-order valence-electron chi connectivity index (χ2n) is 5.01. The Morgan fingerprint density at radius 1 is 1.33 bits per heavy atom. The fourth-order valence-electron chi connectivity index (χ4n) is 1.77. The number of benzene rings is 1. The van der Waals surface area contributed by atoms with Gasteiger partial charge in [0.05, 0.1) is 18.8 Å². The zero-order valence-corrected chi connectivity index (χ0v) is 13.1. The number of ether oxygens (including phenoxy) is 1. The number of hydrogen-bond acceptors (Lipinski definition) is 5. The summed E-state index contributed by atoms with van der Waals surface area (Å²) in [4.78, 5) is 14.0. The van der Waals surface area contributed by atoms with Gasteiger partial charge >= 0.3 is 0 Å². The molecule has 21 heavy (non-hydrogen) atoms. The number of nitrogens with zero attached hydrogens (tertiary/aromatic N) is 1. The molecule has 0 saturated carbocycles. The molecule has 6 nitrogen and oxygen atoms in total. The summed E-state index contributed by atoms with van der Waals surface area (Å²) in [6.45, 7) is 5.27.